The van der Waals surface area contributed by atoms with Crippen molar-refractivity contribution in [1.82, 2.24) is 4.98 Å². The minimum Gasteiger partial charge on any atom is -0.393 e. The molecule has 5 rings (SSSR count). The quantitative estimate of drug-likeness (QED) is 0.545. The summed E-state index contributed by atoms with van der Waals surface area (Å²) in [5.74, 6) is 2.27. The van der Waals surface area contributed by atoms with Crippen LogP contribution in [-0.2, 0) is 0 Å². The minimum atomic E-state index is -0.116. The predicted molar refractivity (Wildman–Crippen MR) is 118 cm³/mol. The van der Waals surface area contributed by atoms with E-state index in [1.165, 1.54) is 31.3 Å². The van der Waals surface area contributed by atoms with Crippen LogP contribution in [0.25, 0.3) is 5.57 Å². The lowest BCUT2D eigenvalue weighted by Gasteiger charge is -2.57. The number of nitrogen functional groups attached to an aromatic ring is 1. The lowest BCUT2D eigenvalue weighted by atomic mass is 9.47. The van der Waals surface area contributed by atoms with Gasteiger partial charge in [-0.2, -0.15) is 0 Å². The fraction of sp³-hybridized carbons (Fsp3) is 0.682. The molecule has 4 aliphatic rings. The van der Waals surface area contributed by atoms with Crippen LogP contribution in [0.5, 0.6) is 0 Å². The van der Waals surface area contributed by atoms with Gasteiger partial charge in [0.25, 0.3) is 0 Å². The number of anilines is 1. The maximum absolute atomic E-state index is 10.1. The van der Waals surface area contributed by atoms with Gasteiger partial charge in [0.2, 0.25) is 0 Å². The number of halogens is 1. The van der Waals surface area contributed by atoms with Gasteiger partial charge < -0.3 is 10.8 Å². The van der Waals surface area contributed by atoms with E-state index < -0.39 is 0 Å². The number of aliphatic hydroxyl groups excluding tert-OH is 1. The van der Waals surface area contributed by atoms with Gasteiger partial charge in [0.1, 0.15) is 0 Å². The lowest BCUT2D eigenvalue weighted by Crippen LogP contribution is -2.49. The first-order valence-corrected chi connectivity index (χ1v) is 11.1. The molecule has 27 heavy (non-hydrogen) atoms. The maximum atomic E-state index is 10.1. The number of aliphatic hydroxyl groups is 1. The molecule has 6 atom stereocenters. The van der Waals surface area contributed by atoms with Crippen LogP contribution in [0.3, 0.4) is 0 Å². The van der Waals surface area contributed by atoms with Gasteiger partial charge in [-0.1, -0.05) is 31.6 Å². The number of thiazole rings is 1. The van der Waals surface area contributed by atoms with Crippen LogP contribution in [-0.4, -0.2) is 16.2 Å². The molecule has 0 bridgehead atoms. The second-order valence-electron chi connectivity index (χ2n) is 9.54. The van der Waals surface area contributed by atoms with Crippen LogP contribution in [0.15, 0.2) is 23.1 Å². The number of nitrogens with zero attached hydrogens (tertiary/aromatic N) is 1. The van der Waals surface area contributed by atoms with Crippen molar-refractivity contribution in [3.05, 3.63) is 28.8 Å². The lowest BCUT2D eigenvalue weighted by molar-refractivity contribution is -0.0238. The topological polar surface area (TPSA) is 59.1 Å². The monoisotopic (exact) mass is 450 g/mol. The van der Waals surface area contributed by atoms with Crippen LogP contribution in [0.4, 0.5) is 5.13 Å². The average molecular weight is 451 g/mol. The van der Waals surface area contributed by atoms with E-state index in [0.717, 1.165) is 42.7 Å². The summed E-state index contributed by atoms with van der Waals surface area (Å²) in [7, 11) is 0. The van der Waals surface area contributed by atoms with E-state index in [1.54, 1.807) is 16.9 Å². The van der Waals surface area contributed by atoms with Gasteiger partial charge in [-0.15, -0.1) is 28.3 Å². The highest BCUT2D eigenvalue weighted by molar-refractivity contribution is 8.93. The van der Waals surface area contributed by atoms with Crippen LogP contribution in [0, 0.1) is 28.6 Å². The molecule has 3 N–H and O–H groups in total. The highest BCUT2D eigenvalue weighted by atomic mass is 79.9. The van der Waals surface area contributed by atoms with Crippen molar-refractivity contribution in [3.8, 4) is 0 Å². The Labute approximate surface area is 176 Å². The van der Waals surface area contributed by atoms with Gasteiger partial charge in [0.05, 0.1) is 11.8 Å². The zero-order chi connectivity index (χ0) is 18.1. The van der Waals surface area contributed by atoms with Gasteiger partial charge in [-0.25, -0.2) is 4.98 Å². The zero-order valence-electron chi connectivity index (χ0n) is 16.3. The molecule has 1 heterocycles. The van der Waals surface area contributed by atoms with Crippen LogP contribution in [0.1, 0.15) is 64.5 Å². The van der Waals surface area contributed by atoms with Gasteiger partial charge in [0.15, 0.2) is 5.13 Å². The number of allylic oxidation sites excluding steroid dienone is 3. The standard InChI is InChI=1S/C22H30N2OS.BrH/c1-21-9-7-14(25)11-13(21)3-4-15-16-5-6-18(19-12-26-20(23)24-19)22(16,2)10-8-17(15)21;/h3,6,12,14-17,25H,4-5,7-11H2,1-2H3,(H2,23,24);1H/t14-,15-,16-,17-,21-,22-;/m0./s1. The normalized spacial score (nSPS) is 42.9. The molecule has 1 aromatic rings. The van der Waals surface area contributed by atoms with E-state index >= 15 is 0 Å². The molecular weight excluding hydrogens is 420 g/mol. The average Bonchev–Trinajstić information content (AvgIpc) is 3.18. The third-order valence-electron chi connectivity index (χ3n) is 8.46. The molecule has 0 amide bonds. The largest absolute Gasteiger partial charge is 0.393 e. The summed E-state index contributed by atoms with van der Waals surface area (Å²) >= 11 is 1.56. The van der Waals surface area contributed by atoms with E-state index in [0.29, 0.717) is 10.5 Å². The van der Waals surface area contributed by atoms with Crippen LogP contribution in [0.2, 0.25) is 0 Å². The van der Waals surface area contributed by atoms with Crippen LogP contribution >= 0.6 is 28.3 Å². The van der Waals surface area contributed by atoms with Gasteiger partial charge in [0, 0.05) is 5.38 Å². The molecular formula is C22H31BrN2OS. The molecule has 0 aliphatic heterocycles. The summed E-state index contributed by atoms with van der Waals surface area (Å²) in [6.07, 6.45) is 12.8. The number of hydrogen-bond acceptors (Lipinski definition) is 4. The van der Waals surface area contributed by atoms with E-state index in [9.17, 15) is 5.11 Å². The van der Waals surface area contributed by atoms with E-state index in [-0.39, 0.29) is 28.5 Å². The third kappa shape index (κ3) is 2.79. The number of fused-ring (bicyclic) bond motifs is 5. The Morgan fingerprint density at radius 3 is 2.63 bits per heavy atom. The van der Waals surface area contributed by atoms with Crippen molar-refractivity contribution in [2.75, 3.05) is 5.73 Å². The van der Waals surface area contributed by atoms with Crippen molar-refractivity contribution >= 4 is 39.0 Å². The van der Waals surface area contributed by atoms with E-state index in [2.05, 4.69) is 36.4 Å². The summed E-state index contributed by atoms with van der Waals surface area (Å²) in [4.78, 5) is 4.61. The van der Waals surface area contributed by atoms with Crippen molar-refractivity contribution in [3.63, 3.8) is 0 Å². The van der Waals surface area contributed by atoms with E-state index in [4.69, 9.17) is 5.73 Å². The molecule has 0 unspecified atom stereocenters. The van der Waals surface area contributed by atoms with Crippen LogP contribution < -0.4 is 5.73 Å². The second-order valence-corrected chi connectivity index (χ2v) is 10.4. The highest BCUT2D eigenvalue weighted by Gasteiger charge is 2.56. The predicted octanol–water partition coefficient (Wildman–Crippen LogP) is 5.62. The zero-order valence-corrected chi connectivity index (χ0v) is 18.8. The summed E-state index contributed by atoms with van der Waals surface area (Å²) in [6, 6.07) is 0. The Balaban J connectivity index is 0.00000180. The minimum absolute atomic E-state index is 0. The Bertz CT molecular complexity index is 802. The molecule has 1 aromatic heterocycles. The number of aromatic nitrogens is 1. The van der Waals surface area contributed by atoms with Gasteiger partial charge in [-0.05, 0) is 79.1 Å². The number of rotatable bonds is 1. The molecule has 2 fully saturated rings. The molecule has 3 nitrogen and oxygen atoms in total. The van der Waals surface area contributed by atoms with Crippen molar-refractivity contribution in [2.45, 2.75) is 64.9 Å². The van der Waals surface area contributed by atoms with E-state index in [1.807, 2.05) is 0 Å². The Morgan fingerprint density at radius 2 is 1.89 bits per heavy atom. The SMILES string of the molecule is Br.C[C@]12CC[C@H](O)CC1=CC[C@@H]1[C@@H]2CC[C@]2(C)C(c3csc(N)n3)=CC[C@@H]12. The van der Waals surface area contributed by atoms with Crippen molar-refractivity contribution in [1.29, 1.82) is 0 Å². The Morgan fingerprint density at radius 1 is 1.11 bits per heavy atom. The fourth-order valence-corrected chi connectivity index (χ4v) is 7.58. The molecule has 0 aromatic carbocycles. The Hall–Kier alpha value is -0.650. The Kier molecular flexibility index (Phi) is 4.88. The molecule has 0 radical (unpaired) electrons. The molecule has 148 valence electrons. The number of nitrogens with two attached hydrogens (primary N) is 1. The fourth-order valence-electron chi connectivity index (χ4n) is 7.02. The first kappa shape index (κ1) is 19.7. The first-order valence-electron chi connectivity index (χ1n) is 10.2. The highest BCUT2D eigenvalue weighted by Crippen LogP contribution is 2.66. The molecule has 0 spiro atoms. The smallest absolute Gasteiger partial charge is 0.180 e. The second kappa shape index (κ2) is 6.70. The molecule has 0 saturated heterocycles. The van der Waals surface area contributed by atoms with Gasteiger partial charge >= 0.3 is 0 Å². The molecule has 5 heteroatoms. The van der Waals surface area contributed by atoms with Crippen molar-refractivity contribution in [2.24, 2.45) is 28.6 Å². The summed E-state index contributed by atoms with van der Waals surface area (Å²) < 4.78 is 0. The summed E-state index contributed by atoms with van der Waals surface area (Å²) in [5.41, 5.74) is 10.6. The number of hydrogen-bond donors (Lipinski definition) is 2. The molecule has 4 aliphatic carbocycles. The maximum Gasteiger partial charge on any atom is 0.180 e. The summed E-state index contributed by atoms with van der Waals surface area (Å²) in [6.45, 7) is 4.98. The molecule has 2 saturated carbocycles. The summed E-state index contributed by atoms with van der Waals surface area (Å²) in [5, 5.41) is 13.0. The third-order valence-corrected chi connectivity index (χ3v) is 9.13. The first-order chi connectivity index (χ1) is 12.4. The van der Waals surface area contributed by atoms with Crippen molar-refractivity contribution < 1.29 is 5.11 Å². The van der Waals surface area contributed by atoms with Gasteiger partial charge in [-0.3, -0.25) is 0 Å².